The molecule has 0 fully saturated rings. The minimum absolute atomic E-state index is 0.174. The molecule has 0 aliphatic heterocycles. The highest BCUT2D eigenvalue weighted by Crippen LogP contribution is 2.39. The summed E-state index contributed by atoms with van der Waals surface area (Å²) in [4.78, 5) is 22.6. The van der Waals surface area contributed by atoms with E-state index in [9.17, 15) is 14.7 Å². The number of allylic oxidation sites excluding steroid dienone is 13. The number of hydrogen-bond donors (Lipinski definition) is 1. The van der Waals surface area contributed by atoms with E-state index >= 15 is 0 Å². The fourth-order valence-corrected chi connectivity index (χ4v) is 3.06. The smallest absolute Gasteiger partial charge is 0.187 e. The first-order chi connectivity index (χ1) is 13.1. The molecule has 1 atom stereocenters. The maximum atomic E-state index is 12.1. The van der Waals surface area contributed by atoms with Crippen LogP contribution in [-0.4, -0.2) is 23.3 Å². The van der Waals surface area contributed by atoms with E-state index in [2.05, 4.69) is 13.8 Å². The van der Waals surface area contributed by atoms with Crippen LogP contribution in [-0.2, 0) is 9.59 Å². The number of carbonyl (C=O) groups is 2. The van der Waals surface area contributed by atoms with Gasteiger partial charge in [0.25, 0.3) is 0 Å². The topological polar surface area (TPSA) is 54.4 Å². The molecule has 0 saturated carbocycles. The summed E-state index contributed by atoms with van der Waals surface area (Å²) in [5.41, 5.74) is 4.25. The number of aliphatic hydroxyl groups is 1. The average molecular weight is 381 g/mol. The standard InChI is InChI=1S/C25H32O3/c1-18(10-7-8-11-20(3)17-26)12-9-13-19(2)14-15-22-21(4)24(28)23(27)16-25(22,5)6/h7-15,17,23,27H,16H2,1-6H3. The van der Waals surface area contributed by atoms with Crippen LogP contribution >= 0.6 is 0 Å². The van der Waals surface area contributed by atoms with Gasteiger partial charge in [0.05, 0.1) is 0 Å². The second-order valence-corrected chi connectivity index (χ2v) is 7.93. The third-order valence-corrected chi connectivity index (χ3v) is 4.76. The Kier molecular flexibility index (Phi) is 9.01. The predicted octanol–water partition coefficient (Wildman–Crippen LogP) is 5.37. The molecule has 0 aromatic rings. The van der Waals surface area contributed by atoms with Gasteiger partial charge in [-0.25, -0.2) is 0 Å². The van der Waals surface area contributed by atoms with Gasteiger partial charge in [0.1, 0.15) is 12.4 Å². The number of aliphatic hydroxyl groups excluding tert-OH is 1. The zero-order chi connectivity index (χ0) is 21.3. The second kappa shape index (κ2) is 10.7. The molecular formula is C25H32O3. The van der Waals surface area contributed by atoms with Gasteiger partial charge in [-0.2, -0.15) is 0 Å². The number of rotatable bonds is 7. The van der Waals surface area contributed by atoms with Crippen LogP contribution in [0.5, 0.6) is 0 Å². The highest BCUT2D eigenvalue weighted by molar-refractivity contribution is 6.00. The summed E-state index contributed by atoms with van der Waals surface area (Å²) in [5.74, 6) is -0.174. The van der Waals surface area contributed by atoms with Crippen LogP contribution in [0.1, 0.15) is 48.0 Å². The first-order valence-electron chi connectivity index (χ1n) is 9.52. The summed E-state index contributed by atoms with van der Waals surface area (Å²) >= 11 is 0. The van der Waals surface area contributed by atoms with E-state index in [4.69, 9.17) is 0 Å². The van der Waals surface area contributed by atoms with E-state index < -0.39 is 6.10 Å². The van der Waals surface area contributed by atoms with E-state index in [0.29, 0.717) is 17.6 Å². The minimum Gasteiger partial charge on any atom is -0.385 e. The van der Waals surface area contributed by atoms with Crippen molar-refractivity contribution >= 4 is 12.1 Å². The average Bonchev–Trinajstić information content (AvgIpc) is 2.62. The lowest BCUT2D eigenvalue weighted by Crippen LogP contribution is -2.35. The van der Waals surface area contributed by atoms with Crippen LogP contribution in [0, 0.1) is 5.41 Å². The van der Waals surface area contributed by atoms with Gasteiger partial charge in [0, 0.05) is 0 Å². The van der Waals surface area contributed by atoms with Gasteiger partial charge in [0.2, 0.25) is 0 Å². The lowest BCUT2D eigenvalue weighted by molar-refractivity contribution is -0.125. The van der Waals surface area contributed by atoms with E-state index in [1.807, 2.05) is 62.5 Å². The number of aldehydes is 1. The van der Waals surface area contributed by atoms with E-state index in [1.165, 1.54) is 0 Å². The lowest BCUT2D eigenvalue weighted by atomic mass is 9.71. The monoisotopic (exact) mass is 380 g/mol. The first kappa shape index (κ1) is 23.5. The molecule has 0 heterocycles. The molecule has 0 saturated heterocycles. The van der Waals surface area contributed by atoms with E-state index in [0.717, 1.165) is 23.0 Å². The van der Waals surface area contributed by atoms with Gasteiger partial charge in [-0.15, -0.1) is 0 Å². The van der Waals surface area contributed by atoms with Gasteiger partial charge in [-0.1, -0.05) is 79.7 Å². The van der Waals surface area contributed by atoms with Crippen molar-refractivity contribution < 1.29 is 14.7 Å². The van der Waals surface area contributed by atoms with Crippen molar-refractivity contribution in [3.8, 4) is 0 Å². The Bertz CT molecular complexity index is 809. The van der Waals surface area contributed by atoms with Crippen LogP contribution in [0.4, 0.5) is 0 Å². The third-order valence-electron chi connectivity index (χ3n) is 4.76. The summed E-state index contributed by atoms with van der Waals surface area (Å²) in [5, 5.41) is 9.91. The quantitative estimate of drug-likeness (QED) is 0.367. The summed E-state index contributed by atoms with van der Waals surface area (Å²) < 4.78 is 0. The fourth-order valence-electron chi connectivity index (χ4n) is 3.06. The Morgan fingerprint density at radius 1 is 0.964 bits per heavy atom. The Labute approximate surface area is 169 Å². The molecule has 1 aliphatic rings. The first-order valence-corrected chi connectivity index (χ1v) is 9.52. The largest absolute Gasteiger partial charge is 0.385 e. The molecule has 0 aromatic carbocycles. The molecule has 0 amide bonds. The van der Waals surface area contributed by atoms with Crippen LogP contribution in [0.25, 0.3) is 0 Å². The molecule has 0 radical (unpaired) electrons. The molecule has 1 N–H and O–H groups in total. The van der Waals surface area contributed by atoms with Crippen molar-refractivity contribution in [2.75, 3.05) is 0 Å². The van der Waals surface area contributed by atoms with Crippen molar-refractivity contribution in [1.29, 1.82) is 0 Å². The van der Waals surface area contributed by atoms with Crippen molar-refractivity contribution in [2.24, 2.45) is 5.41 Å². The molecule has 0 spiro atoms. The third kappa shape index (κ3) is 7.24. The molecule has 3 nitrogen and oxygen atoms in total. The molecule has 0 aromatic heterocycles. The summed E-state index contributed by atoms with van der Waals surface area (Å²) in [6.07, 6.45) is 17.8. The molecule has 1 aliphatic carbocycles. The zero-order valence-electron chi connectivity index (χ0n) is 17.8. The van der Waals surface area contributed by atoms with Gasteiger partial charge in [0.15, 0.2) is 5.78 Å². The van der Waals surface area contributed by atoms with Crippen molar-refractivity contribution in [1.82, 2.24) is 0 Å². The van der Waals surface area contributed by atoms with Crippen LogP contribution in [0.15, 0.2) is 82.5 Å². The number of Topliss-reactive ketones (excluding diaryl/α,β-unsaturated/α-hetero) is 1. The fraction of sp³-hybridized carbons (Fsp3) is 0.360. The Morgan fingerprint density at radius 2 is 1.50 bits per heavy atom. The SMILES string of the molecule is CC(C=O)=CC=CC=C(C)C=CC=C(C)C=CC1=C(C)C(=O)C(O)CC1(C)C. The zero-order valence-corrected chi connectivity index (χ0v) is 17.8. The predicted molar refractivity (Wildman–Crippen MR) is 117 cm³/mol. The molecule has 3 heteroatoms. The number of ketones is 1. The Hall–Kier alpha value is -2.52. The normalized spacial score (nSPS) is 22.2. The highest BCUT2D eigenvalue weighted by Gasteiger charge is 2.36. The molecule has 1 unspecified atom stereocenters. The van der Waals surface area contributed by atoms with Crippen LogP contribution in [0.3, 0.4) is 0 Å². The van der Waals surface area contributed by atoms with Gasteiger partial charge in [-0.3, -0.25) is 9.59 Å². The summed E-state index contributed by atoms with van der Waals surface area (Å²) in [6, 6.07) is 0. The Balaban J connectivity index is 2.83. The van der Waals surface area contributed by atoms with Gasteiger partial charge >= 0.3 is 0 Å². The number of hydrogen-bond acceptors (Lipinski definition) is 3. The molecule has 0 bridgehead atoms. The van der Waals surface area contributed by atoms with Crippen LogP contribution in [0.2, 0.25) is 0 Å². The van der Waals surface area contributed by atoms with Crippen molar-refractivity contribution in [3.05, 3.63) is 82.5 Å². The molecule has 1 rings (SSSR count). The lowest BCUT2D eigenvalue weighted by Gasteiger charge is -2.34. The van der Waals surface area contributed by atoms with Crippen LogP contribution < -0.4 is 0 Å². The second-order valence-electron chi connectivity index (χ2n) is 7.93. The molecule has 150 valence electrons. The van der Waals surface area contributed by atoms with E-state index in [-0.39, 0.29) is 11.2 Å². The van der Waals surface area contributed by atoms with Gasteiger partial charge < -0.3 is 5.11 Å². The van der Waals surface area contributed by atoms with E-state index in [1.54, 1.807) is 19.9 Å². The number of carbonyl (C=O) groups excluding carboxylic acids is 2. The Morgan fingerprint density at radius 3 is 2.11 bits per heavy atom. The van der Waals surface area contributed by atoms with Crippen molar-refractivity contribution in [3.63, 3.8) is 0 Å². The molecule has 28 heavy (non-hydrogen) atoms. The summed E-state index contributed by atoms with van der Waals surface area (Å²) in [7, 11) is 0. The molecular weight excluding hydrogens is 348 g/mol. The minimum atomic E-state index is -0.895. The summed E-state index contributed by atoms with van der Waals surface area (Å²) in [6.45, 7) is 11.7. The maximum absolute atomic E-state index is 12.1. The van der Waals surface area contributed by atoms with Crippen molar-refractivity contribution in [2.45, 2.75) is 54.1 Å². The highest BCUT2D eigenvalue weighted by atomic mass is 16.3. The van der Waals surface area contributed by atoms with Gasteiger partial charge in [-0.05, 0) is 56.3 Å². The maximum Gasteiger partial charge on any atom is 0.187 e.